The maximum atomic E-state index is 12.4. The summed E-state index contributed by atoms with van der Waals surface area (Å²) >= 11 is 0. The molecule has 0 aromatic heterocycles. The Hall–Kier alpha value is -2.12. The normalized spacial score (nSPS) is 42.6. The van der Waals surface area contributed by atoms with Gasteiger partial charge < -0.3 is 24.1 Å². The van der Waals surface area contributed by atoms with Gasteiger partial charge in [-0.1, -0.05) is 20.8 Å². The number of ether oxygens (including phenoxy) is 3. The average molecular weight is 534 g/mol. The number of fused-ring (bicyclic) bond motifs is 5. The van der Waals surface area contributed by atoms with Gasteiger partial charge in [0.15, 0.2) is 0 Å². The standard InChI is InChI=1S/C30H46O8/c1-16(7-10-27(34)35)22-8-9-23-28-24(15-26(30(22,23)6)38-19(4)33)29(5)12-11-21(36-17(2)31)13-20(29)14-25(28)37-18(3)32/h16,20-26,28H,7-15H2,1-6H3,(H,34,35)/p-1/t16?,20-,21?,22+,23-,24-,25?,26?,28-,29-,30+/m0/s1. The van der Waals surface area contributed by atoms with Crippen molar-refractivity contribution >= 4 is 23.9 Å². The van der Waals surface area contributed by atoms with E-state index in [-0.39, 0.29) is 89.0 Å². The molecule has 0 aromatic carbocycles. The highest BCUT2D eigenvalue weighted by atomic mass is 16.6. The Morgan fingerprint density at radius 1 is 0.868 bits per heavy atom. The molecule has 0 spiro atoms. The summed E-state index contributed by atoms with van der Waals surface area (Å²) in [5, 5.41) is 11.2. The summed E-state index contributed by atoms with van der Waals surface area (Å²) in [5.74, 6) is -0.805. The third-order valence-corrected chi connectivity index (χ3v) is 11.2. The van der Waals surface area contributed by atoms with Crippen molar-refractivity contribution in [2.45, 2.75) is 118 Å². The first-order valence-electron chi connectivity index (χ1n) is 14.5. The monoisotopic (exact) mass is 533 g/mol. The van der Waals surface area contributed by atoms with Crippen LogP contribution in [0.4, 0.5) is 0 Å². The topological polar surface area (TPSA) is 119 Å². The van der Waals surface area contributed by atoms with E-state index in [4.69, 9.17) is 14.2 Å². The summed E-state index contributed by atoms with van der Waals surface area (Å²) < 4.78 is 17.8. The van der Waals surface area contributed by atoms with Gasteiger partial charge >= 0.3 is 17.9 Å². The van der Waals surface area contributed by atoms with Crippen LogP contribution >= 0.6 is 0 Å². The van der Waals surface area contributed by atoms with Gasteiger partial charge in [0, 0.05) is 38.1 Å². The summed E-state index contributed by atoms with van der Waals surface area (Å²) in [6, 6.07) is 0. The lowest BCUT2D eigenvalue weighted by Crippen LogP contribution is -2.63. The summed E-state index contributed by atoms with van der Waals surface area (Å²) in [5.41, 5.74) is -0.384. The fraction of sp³-hybridized carbons (Fsp3) is 0.867. The van der Waals surface area contributed by atoms with Crippen LogP contribution in [0.3, 0.4) is 0 Å². The van der Waals surface area contributed by atoms with Crippen LogP contribution in [-0.2, 0) is 33.4 Å². The van der Waals surface area contributed by atoms with Gasteiger partial charge in [-0.25, -0.2) is 0 Å². The third kappa shape index (κ3) is 5.21. The van der Waals surface area contributed by atoms with Crippen molar-refractivity contribution in [2.75, 3.05) is 0 Å². The van der Waals surface area contributed by atoms with Crippen molar-refractivity contribution in [3.05, 3.63) is 0 Å². The summed E-state index contributed by atoms with van der Waals surface area (Å²) in [7, 11) is 0. The van der Waals surface area contributed by atoms with Gasteiger partial charge in [-0.15, -0.1) is 0 Å². The maximum Gasteiger partial charge on any atom is 0.302 e. The minimum absolute atomic E-state index is 0.0159. The molecule has 4 aliphatic rings. The predicted molar refractivity (Wildman–Crippen MR) is 136 cm³/mol. The van der Waals surface area contributed by atoms with Gasteiger partial charge in [-0.2, -0.15) is 0 Å². The molecule has 38 heavy (non-hydrogen) atoms. The van der Waals surface area contributed by atoms with E-state index in [1.165, 1.54) is 20.8 Å². The van der Waals surface area contributed by atoms with Crippen LogP contribution in [0.1, 0.15) is 99.3 Å². The Labute approximate surface area is 226 Å². The molecule has 0 bridgehead atoms. The van der Waals surface area contributed by atoms with Gasteiger partial charge in [0.1, 0.15) is 18.3 Å². The zero-order chi connectivity index (χ0) is 28.0. The van der Waals surface area contributed by atoms with Crippen molar-refractivity contribution in [2.24, 2.45) is 46.3 Å². The summed E-state index contributed by atoms with van der Waals surface area (Å²) in [6.07, 6.45) is 5.65. The van der Waals surface area contributed by atoms with Crippen LogP contribution in [0.15, 0.2) is 0 Å². The molecule has 4 saturated carbocycles. The smallest absolute Gasteiger partial charge is 0.302 e. The highest BCUT2D eigenvalue weighted by Crippen LogP contribution is 2.69. The molecule has 8 heteroatoms. The molecule has 4 rings (SSSR count). The minimum Gasteiger partial charge on any atom is -0.550 e. The van der Waals surface area contributed by atoms with Crippen molar-refractivity contribution in [1.82, 2.24) is 0 Å². The molecule has 0 N–H and O–H groups in total. The largest absolute Gasteiger partial charge is 0.550 e. The fourth-order valence-corrected chi connectivity index (χ4v) is 9.66. The molecule has 0 heterocycles. The van der Waals surface area contributed by atoms with Gasteiger partial charge in [-0.05, 0) is 92.8 Å². The Bertz CT molecular complexity index is 947. The zero-order valence-electron chi connectivity index (χ0n) is 23.8. The van der Waals surface area contributed by atoms with E-state index in [0.717, 1.165) is 38.5 Å². The molecule has 11 atom stereocenters. The summed E-state index contributed by atoms with van der Waals surface area (Å²) in [4.78, 5) is 47.6. The molecule has 8 nitrogen and oxygen atoms in total. The maximum absolute atomic E-state index is 12.4. The number of carboxylic acids is 1. The molecule has 0 saturated heterocycles. The van der Waals surface area contributed by atoms with Crippen molar-refractivity contribution < 1.29 is 38.5 Å². The van der Waals surface area contributed by atoms with E-state index >= 15 is 0 Å². The molecule has 0 amide bonds. The van der Waals surface area contributed by atoms with Crippen LogP contribution in [-0.4, -0.2) is 42.2 Å². The summed E-state index contributed by atoms with van der Waals surface area (Å²) in [6.45, 7) is 11.1. The molecule has 214 valence electrons. The number of esters is 3. The van der Waals surface area contributed by atoms with Gasteiger partial charge in [0.25, 0.3) is 0 Å². The molecule has 4 aliphatic carbocycles. The van der Waals surface area contributed by atoms with Crippen LogP contribution in [0, 0.1) is 46.3 Å². The van der Waals surface area contributed by atoms with Crippen LogP contribution in [0.2, 0.25) is 0 Å². The van der Waals surface area contributed by atoms with E-state index in [1.807, 2.05) is 0 Å². The van der Waals surface area contributed by atoms with Gasteiger partial charge in [-0.3, -0.25) is 14.4 Å². The first kappa shape index (κ1) is 28.9. The second kappa shape index (κ2) is 10.8. The molecular weight excluding hydrogens is 488 g/mol. The van der Waals surface area contributed by atoms with Crippen molar-refractivity contribution in [3.8, 4) is 0 Å². The van der Waals surface area contributed by atoms with E-state index in [2.05, 4.69) is 20.8 Å². The van der Waals surface area contributed by atoms with E-state index < -0.39 is 5.97 Å². The van der Waals surface area contributed by atoms with Crippen LogP contribution < -0.4 is 5.11 Å². The van der Waals surface area contributed by atoms with Crippen LogP contribution in [0.5, 0.6) is 0 Å². The fourth-order valence-electron chi connectivity index (χ4n) is 9.66. The minimum atomic E-state index is -1.04. The quantitative estimate of drug-likeness (QED) is 0.358. The second-order valence-corrected chi connectivity index (χ2v) is 13.2. The number of rotatable bonds is 7. The highest BCUT2D eigenvalue weighted by Gasteiger charge is 2.67. The first-order chi connectivity index (χ1) is 17.8. The molecule has 0 aliphatic heterocycles. The highest BCUT2D eigenvalue weighted by molar-refractivity contribution is 5.67. The Morgan fingerprint density at radius 3 is 2.13 bits per heavy atom. The average Bonchev–Trinajstić information content (AvgIpc) is 3.16. The molecule has 4 unspecified atom stereocenters. The van der Waals surface area contributed by atoms with Crippen molar-refractivity contribution in [1.29, 1.82) is 0 Å². The third-order valence-electron chi connectivity index (χ3n) is 11.2. The molecular formula is C30H45O8-. The number of carbonyl (C=O) groups is 4. The molecule has 4 fully saturated rings. The lowest BCUT2D eigenvalue weighted by molar-refractivity contribution is -0.306. The number of hydrogen-bond acceptors (Lipinski definition) is 8. The van der Waals surface area contributed by atoms with Crippen molar-refractivity contribution in [3.63, 3.8) is 0 Å². The number of hydrogen-bond donors (Lipinski definition) is 0. The number of carboxylic acid groups (broad SMARTS) is 1. The van der Waals surface area contributed by atoms with Crippen LogP contribution in [0.25, 0.3) is 0 Å². The Morgan fingerprint density at radius 2 is 1.53 bits per heavy atom. The number of aliphatic carboxylic acids is 1. The number of carbonyl (C=O) groups excluding carboxylic acids is 4. The predicted octanol–water partition coefficient (Wildman–Crippen LogP) is 3.83. The molecule has 0 radical (unpaired) electrons. The van der Waals surface area contributed by atoms with Gasteiger partial charge in [0.05, 0.1) is 0 Å². The molecule has 0 aromatic rings. The lowest BCUT2D eigenvalue weighted by Gasteiger charge is -2.64. The second-order valence-electron chi connectivity index (χ2n) is 13.2. The Kier molecular flexibility index (Phi) is 8.21. The van der Waals surface area contributed by atoms with Gasteiger partial charge in [0.2, 0.25) is 0 Å². The SMILES string of the molecule is CC(=O)OC1CC[C@@]2(C)[C@@H](C1)CC(OC(C)=O)[C@@H]1[C@@H]2CC(OC(C)=O)[C@]2(C)[C@@H](C(C)CCC(=O)[O-])CC[C@@H]12. The Balaban J connectivity index is 1.71. The lowest BCUT2D eigenvalue weighted by atomic mass is 9.43. The van der Waals surface area contributed by atoms with E-state index in [1.54, 1.807) is 0 Å². The first-order valence-corrected chi connectivity index (χ1v) is 14.5. The van der Waals surface area contributed by atoms with E-state index in [9.17, 15) is 24.3 Å². The van der Waals surface area contributed by atoms with E-state index in [0.29, 0.717) is 12.8 Å². The zero-order valence-corrected chi connectivity index (χ0v) is 23.8.